The summed E-state index contributed by atoms with van der Waals surface area (Å²) in [5, 5.41) is 7.98. The van der Waals surface area contributed by atoms with Crippen LogP contribution < -0.4 is 10.8 Å². The maximum absolute atomic E-state index is 12.4. The second-order valence-electron chi connectivity index (χ2n) is 7.16. The summed E-state index contributed by atoms with van der Waals surface area (Å²) in [6.45, 7) is 1.07. The van der Waals surface area contributed by atoms with E-state index in [1.807, 2.05) is 0 Å². The van der Waals surface area contributed by atoms with Crippen molar-refractivity contribution in [3.63, 3.8) is 0 Å². The molecule has 2 unspecified atom stereocenters. The van der Waals surface area contributed by atoms with Gasteiger partial charge in [0.25, 0.3) is 5.91 Å². The lowest BCUT2D eigenvalue weighted by molar-refractivity contribution is -0.139. The normalized spacial score (nSPS) is 29.5. The van der Waals surface area contributed by atoms with Gasteiger partial charge < -0.3 is 10.2 Å². The van der Waals surface area contributed by atoms with Gasteiger partial charge in [0.2, 0.25) is 0 Å². The largest absolute Gasteiger partial charge is 0.418 e. The van der Waals surface area contributed by atoms with Crippen molar-refractivity contribution < 1.29 is 31.7 Å². The minimum atomic E-state index is -4.83. The smallest absolute Gasteiger partial charge is 0.309 e. The second kappa shape index (κ2) is 7.83. The van der Waals surface area contributed by atoms with Crippen molar-refractivity contribution in [1.82, 2.24) is 35.5 Å². The fraction of sp³-hybridized carbons (Fsp3) is 0.714. The van der Waals surface area contributed by atoms with Crippen LogP contribution in [-0.2, 0) is 24.3 Å². The molecule has 3 amide bonds. The van der Waals surface area contributed by atoms with Gasteiger partial charge in [0.15, 0.2) is 0 Å². The first kappa shape index (κ1) is 20.0. The van der Waals surface area contributed by atoms with Crippen LogP contribution in [0.1, 0.15) is 25.3 Å². The quantitative estimate of drug-likeness (QED) is 0.332. The van der Waals surface area contributed by atoms with Crippen LogP contribution in [0.25, 0.3) is 0 Å². The van der Waals surface area contributed by atoms with Gasteiger partial charge in [-0.1, -0.05) is 0 Å². The summed E-state index contributed by atoms with van der Waals surface area (Å²) in [6.07, 6.45) is 4.54. The first-order valence-electron chi connectivity index (χ1n) is 9.08. The standard InChI is InChI=1S/C14H21N7O7S/c22-13(18-27-6-9-3-11(4-16-9)20-8-15-7-17-20)12-2-1-10-5-19(12)14(23)21(10)28-29(24,25)26/h7-12,16H,1-6H2,(H,18,22)(H,24,25,26)/t9-,10?,11-,12?/m0/s1. The van der Waals surface area contributed by atoms with E-state index in [9.17, 15) is 18.0 Å². The first-order valence-corrected chi connectivity index (χ1v) is 10.4. The van der Waals surface area contributed by atoms with Gasteiger partial charge in [-0.3, -0.25) is 14.2 Å². The molecule has 15 heteroatoms. The van der Waals surface area contributed by atoms with Crippen molar-refractivity contribution in [2.24, 2.45) is 0 Å². The van der Waals surface area contributed by atoms with E-state index in [1.54, 1.807) is 11.0 Å². The van der Waals surface area contributed by atoms with E-state index in [0.29, 0.717) is 24.4 Å². The predicted molar refractivity (Wildman–Crippen MR) is 92.9 cm³/mol. The fourth-order valence-corrected chi connectivity index (χ4v) is 4.31. The number of amides is 3. The van der Waals surface area contributed by atoms with Gasteiger partial charge in [-0.05, 0) is 19.3 Å². The summed E-state index contributed by atoms with van der Waals surface area (Å²) in [4.78, 5) is 35.2. The SMILES string of the molecule is O=C(NOC[C@@H]1C[C@H](n2cncn2)CN1)C1CCC2CN1C(=O)N2OS(=O)(=O)O. The summed E-state index contributed by atoms with van der Waals surface area (Å²) in [5.74, 6) is -0.503. The Hall–Kier alpha value is -2.33. The molecule has 0 aromatic carbocycles. The van der Waals surface area contributed by atoms with Crippen molar-refractivity contribution in [1.29, 1.82) is 0 Å². The molecule has 3 fully saturated rings. The molecule has 2 bridgehead atoms. The number of hydrogen-bond donors (Lipinski definition) is 3. The number of nitrogens with zero attached hydrogens (tertiary/aromatic N) is 5. The Bertz CT molecular complexity index is 864. The van der Waals surface area contributed by atoms with Gasteiger partial charge in [0.05, 0.1) is 18.7 Å². The number of nitrogens with one attached hydrogen (secondary N) is 2. The Kier molecular flexibility index (Phi) is 5.39. The van der Waals surface area contributed by atoms with Crippen LogP contribution in [0.5, 0.6) is 0 Å². The topological polar surface area (TPSA) is 168 Å². The van der Waals surface area contributed by atoms with E-state index >= 15 is 0 Å². The van der Waals surface area contributed by atoms with Crippen LogP contribution >= 0.6 is 0 Å². The molecule has 3 aliphatic heterocycles. The Balaban J connectivity index is 1.25. The third-order valence-corrected chi connectivity index (χ3v) is 5.62. The summed E-state index contributed by atoms with van der Waals surface area (Å²) in [7, 11) is -4.83. The number of urea groups is 1. The molecule has 4 heterocycles. The number of piperidine rings is 1. The third-order valence-electron chi connectivity index (χ3n) is 5.27. The van der Waals surface area contributed by atoms with Crippen molar-refractivity contribution in [2.45, 2.75) is 43.4 Å². The molecular formula is C14H21N7O7S. The van der Waals surface area contributed by atoms with E-state index in [1.165, 1.54) is 11.2 Å². The van der Waals surface area contributed by atoms with E-state index in [-0.39, 0.29) is 25.2 Å². The zero-order valence-corrected chi connectivity index (χ0v) is 16.1. The number of carbonyl (C=O) groups excluding carboxylic acids is 2. The molecule has 1 aromatic rings. The summed E-state index contributed by atoms with van der Waals surface area (Å²) in [6, 6.07) is -1.97. The molecule has 0 spiro atoms. The highest BCUT2D eigenvalue weighted by atomic mass is 32.3. The minimum Gasteiger partial charge on any atom is -0.309 e. The summed E-state index contributed by atoms with van der Waals surface area (Å²) < 4.78 is 36.7. The lowest BCUT2D eigenvalue weighted by Gasteiger charge is -2.29. The number of fused-ring (bicyclic) bond motifs is 2. The number of rotatable bonds is 7. The molecule has 14 nitrogen and oxygen atoms in total. The van der Waals surface area contributed by atoms with Gasteiger partial charge >= 0.3 is 16.4 Å². The average Bonchev–Trinajstić information content (AvgIpc) is 3.39. The predicted octanol–water partition coefficient (Wildman–Crippen LogP) is -1.77. The molecule has 3 aliphatic rings. The summed E-state index contributed by atoms with van der Waals surface area (Å²) in [5.41, 5.74) is 2.36. The Morgan fingerprint density at radius 1 is 1.38 bits per heavy atom. The number of hydrogen-bond acceptors (Lipinski definition) is 9. The van der Waals surface area contributed by atoms with E-state index < -0.39 is 34.4 Å². The molecular weight excluding hydrogens is 410 g/mol. The van der Waals surface area contributed by atoms with E-state index in [4.69, 9.17) is 9.39 Å². The van der Waals surface area contributed by atoms with Crippen LogP contribution in [0.15, 0.2) is 12.7 Å². The van der Waals surface area contributed by atoms with Gasteiger partial charge in [-0.25, -0.2) is 19.9 Å². The van der Waals surface area contributed by atoms with Gasteiger partial charge in [-0.2, -0.15) is 18.6 Å². The number of hydroxylamine groups is 3. The molecule has 160 valence electrons. The summed E-state index contributed by atoms with van der Waals surface area (Å²) >= 11 is 0. The monoisotopic (exact) mass is 431 g/mol. The molecule has 4 rings (SSSR count). The Morgan fingerprint density at radius 3 is 2.93 bits per heavy atom. The van der Waals surface area contributed by atoms with Crippen LogP contribution in [0.4, 0.5) is 4.79 Å². The lowest BCUT2D eigenvalue weighted by atomic mass is 10.0. The van der Waals surface area contributed by atoms with Crippen molar-refractivity contribution in [2.75, 3.05) is 19.7 Å². The minimum absolute atomic E-state index is 0.0207. The molecule has 4 atom stereocenters. The van der Waals surface area contributed by atoms with Gasteiger partial charge in [0.1, 0.15) is 18.7 Å². The fourth-order valence-electron chi connectivity index (χ4n) is 3.92. The zero-order chi connectivity index (χ0) is 20.6. The van der Waals surface area contributed by atoms with E-state index in [2.05, 4.69) is 25.2 Å². The average molecular weight is 431 g/mol. The van der Waals surface area contributed by atoms with Crippen LogP contribution in [-0.4, -0.2) is 87.5 Å². The maximum atomic E-state index is 12.4. The molecule has 3 N–H and O–H groups in total. The Labute approximate surface area is 166 Å². The molecule has 0 saturated carbocycles. The number of aromatic nitrogens is 3. The highest BCUT2D eigenvalue weighted by Gasteiger charge is 2.49. The molecule has 1 aromatic heterocycles. The maximum Gasteiger partial charge on any atom is 0.418 e. The molecule has 0 aliphatic carbocycles. The van der Waals surface area contributed by atoms with Gasteiger partial charge in [0, 0.05) is 19.1 Å². The van der Waals surface area contributed by atoms with Gasteiger partial charge in [-0.15, -0.1) is 4.28 Å². The van der Waals surface area contributed by atoms with Crippen molar-refractivity contribution in [3.05, 3.63) is 12.7 Å². The second-order valence-corrected chi connectivity index (χ2v) is 8.16. The lowest BCUT2D eigenvalue weighted by Crippen LogP contribution is -2.50. The highest BCUT2D eigenvalue weighted by molar-refractivity contribution is 7.80. The number of carbonyl (C=O) groups is 2. The van der Waals surface area contributed by atoms with Crippen LogP contribution in [0.2, 0.25) is 0 Å². The third kappa shape index (κ3) is 4.32. The van der Waals surface area contributed by atoms with Crippen LogP contribution in [0, 0.1) is 0 Å². The molecule has 29 heavy (non-hydrogen) atoms. The van der Waals surface area contributed by atoms with Crippen LogP contribution in [0.3, 0.4) is 0 Å². The molecule has 0 radical (unpaired) electrons. The highest BCUT2D eigenvalue weighted by Crippen LogP contribution is 2.30. The van der Waals surface area contributed by atoms with E-state index in [0.717, 1.165) is 6.42 Å². The van der Waals surface area contributed by atoms with Crippen molar-refractivity contribution >= 4 is 22.3 Å². The van der Waals surface area contributed by atoms with Crippen molar-refractivity contribution in [3.8, 4) is 0 Å². The first-order chi connectivity index (χ1) is 13.8. The Morgan fingerprint density at radius 2 is 2.21 bits per heavy atom. The zero-order valence-electron chi connectivity index (χ0n) is 15.2. The molecule has 3 saturated heterocycles.